The summed E-state index contributed by atoms with van der Waals surface area (Å²) in [5.74, 6) is 0.667. The van der Waals surface area contributed by atoms with Gasteiger partial charge in [-0.1, -0.05) is 0 Å². The number of thiazole rings is 1. The van der Waals surface area contributed by atoms with Gasteiger partial charge >= 0.3 is 0 Å². The standard InChI is InChI=1S/C11H16ClN3S/c1-9(2)14(4-3-12)7-10-8-15-5-6-16-11(15)13-10/h5-6,8-9H,3-4,7H2,1-2H3. The van der Waals surface area contributed by atoms with Crippen LogP contribution in [0.15, 0.2) is 17.8 Å². The van der Waals surface area contributed by atoms with Gasteiger partial charge in [-0.3, -0.25) is 9.30 Å². The van der Waals surface area contributed by atoms with E-state index in [1.165, 1.54) is 0 Å². The molecule has 2 aromatic rings. The van der Waals surface area contributed by atoms with Gasteiger partial charge in [-0.25, -0.2) is 4.98 Å². The molecule has 2 rings (SSSR count). The Morgan fingerprint density at radius 1 is 1.56 bits per heavy atom. The van der Waals surface area contributed by atoms with E-state index in [2.05, 4.69) is 34.3 Å². The Morgan fingerprint density at radius 2 is 2.38 bits per heavy atom. The first-order chi connectivity index (χ1) is 7.70. The lowest BCUT2D eigenvalue weighted by molar-refractivity contribution is 0.224. The van der Waals surface area contributed by atoms with Gasteiger partial charge in [0.1, 0.15) is 0 Å². The SMILES string of the molecule is CC(C)N(CCCl)Cc1cn2ccsc2n1. The van der Waals surface area contributed by atoms with Crippen molar-refractivity contribution in [1.82, 2.24) is 14.3 Å². The van der Waals surface area contributed by atoms with Crippen LogP contribution >= 0.6 is 22.9 Å². The molecule has 2 aromatic heterocycles. The van der Waals surface area contributed by atoms with Crippen LogP contribution in [-0.2, 0) is 6.54 Å². The van der Waals surface area contributed by atoms with Gasteiger partial charge in [0, 0.05) is 42.8 Å². The van der Waals surface area contributed by atoms with Gasteiger partial charge in [-0.05, 0) is 13.8 Å². The molecule has 0 spiro atoms. The van der Waals surface area contributed by atoms with E-state index in [0.29, 0.717) is 11.9 Å². The topological polar surface area (TPSA) is 20.5 Å². The molecule has 0 N–H and O–H groups in total. The average Bonchev–Trinajstić information content (AvgIpc) is 2.76. The molecule has 0 fully saturated rings. The first-order valence-corrected chi connectivity index (χ1v) is 6.83. The lowest BCUT2D eigenvalue weighted by Gasteiger charge is -2.24. The van der Waals surface area contributed by atoms with Crippen LogP contribution in [0.5, 0.6) is 0 Å². The molecular weight excluding hydrogens is 242 g/mol. The molecule has 0 atom stereocenters. The van der Waals surface area contributed by atoms with Gasteiger partial charge in [0.2, 0.25) is 0 Å². The molecule has 0 radical (unpaired) electrons. The van der Waals surface area contributed by atoms with Gasteiger partial charge in [-0.15, -0.1) is 22.9 Å². The minimum absolute atomic E-state index is 0.499. The van der Waals surface area contributed by atoms with Crippen molar-refractivity contribution >= 4 is 27.9 Å². The van der Waals surface area contributed by atoms with Crippen LogP contribution in [0.4, 0.5) is 0 Å². The van der Waals surface area contributed by atoms with E-state index < -0.39 is 0 Å². The molecule has 0 aromatic carbocycles. The van der Waals surface area contributed by atoms with Crippen LogP contribution in [0, 0.1) is 0 Å². The number of hydrogen-bond acceptors (Lipinski definition) is 3. The van der Waals surface area contributed by atoms with Gasteiger partial charge in [0.05, 0.1) is 5.69 Å². The fraction of sp³-hybridized carbons (Fsp3) is 0.545. The highest BCUT2D eigenvalue weighted by Gasteiger charge is 2.11. The zero-order chi connectivity index (χ0) is 11.5. The Bertz CT molecular complexity index is 420. The maximum absolute atomic E-state index is 5.80. The molecule has 0 bridgehead atoms. The van der Waals surface area contributed by atoms with E-state index in [-0.39, 0.29) is 0 Å². The molecule has 0 unspecified atom stereocenters. The van der Waals surface area contributed by atoms with Crippen molar-refractivity contribution in [3.05, 3.63) is 23.5 Å². The highest BCUT2D eigenvalue weighted by Crippen LogP contribution is 2.13. The number of imidazole rings is 1. The quantitative estimate of drug-likeness (QED) is 0.768. The third-order valence-corrected chi connectivity index (χ3v) is 3.55. The summed E-state index contributed by atoms with van der Waals surface area (Å²) in [5.41, 5.74) is 1.12. The summed E-state index contributed by atoms with van der Waals surface area (Å²) in [6, 6.07) is 0.499. The third-order valence-electron chi connectivity index (χ3n) is 2.61. The summed E-state index contributed by atoms with van der Waals surface area (Å²) >= 11 is 7.46. The van der Waals surface area contributed by atoms with Gasteiger partial charge < -0.3 is 0 Å². The Kier molecular flexibility index (Phi) is 3.84. The first kappa shape index (κ1) is 11.9. The Labute approximate surface area is 105 Å². The summed E-state index contributed by atoms with van der Waals surface area (Å²) in [6.45, 7) is 6.15. The van der Waals surface area contributed by atoms with Crippen molar-refractivity contribution in [2.24, 2.45) is 0 Å². The molecular formula is C11H16ClN3S. The molecule has 5 heteroatoms. The van der Waals surface area contributed by atoms with E-state index in [1.54, 1.807) is 11.3 Å². The predicted octanol–water partition coefficient (Wildman–Crippen LogP) is 2.85. The van der Waals surface area contributed by atoms with Crippen LogP contribution in [0.25, 0.3) is 4.96 Å². The van der Waals surface area contributed by atoms with Crippen molar-refractivity contribution in [3.63, 3.8) is 0 Å². The summed E-state index contributed by atoms with van der Waals surface area (Å²) in [7, 11) is 0. The van der Waals surface area contributed by atoms with Crippen molar-refractivity contribution in [2.45, 2.75) is 26.4 Å². The summed E-state index contributed by atoms with van der Waals surface area (Å²) < 4.78 is 2.07. The number of alkyl halides is 1. The van der Waals surface area contributed by atoms with Crippen LogP contribution in [-0.4, -0.2) is 32.8 Å². The predicted molar refractivity (Wildman–Crippen MR) is 69.3 cm³/mol. The number of nitrogens with zero attached hydrogens (tertiary/aromatic N) is 3. The van der Waals surface area contributed by atoms with Gasteiger partial charge in [0.25, 0.3) is 0 Å². The number of aromatic nitrogens is 2. The zero-order valence-corrected chi connectivity index (χ0v) is 11.1. The maximum atomic E-state index is 5.80. The minimum Gasteiger partial charge on any atom is -0.297 e. The summed E-state index contributed by atoms with van der Waals surface area (Å²) in [6.07, 6.45) is 4.13. The molecule has 0 aliphatic carbocycles. The van der Waals surface area contributed by atoms with E-state index in [4.69, 9.17) is 11.6 Å². The fourth-order valence-corrected chi connectivity index (χ4v) is 2.62. The zero-order valence-electron chi connectivity index (χ0n) is 9.56. The lowest BCUT2D eigenvalue weighted by atomic mass is 10.3. The second-order valence-corrected chi connectivity index (χ2v) is 5.33. The van der Waals surface area contributed by atoms with Crippen molar-refractivity contribution in [1.29, 1.82) is 0 Å². The summed E-state index contributed by atoms with van der Waals surface area (Å²) in [5, 5.41) is 2.05. The molecule has 0 aliphatic heterocycles. The number of fused-ring (bicyclic) bond motifs is 1. The Morgan fingerprint density at radius 3 is 3.00 bits per heavy atom. The van der Waals surface area contributed by atoms with Crippen LogP contribution < -0.4 is 0 Å². The van der Waals surface area contributed by atoms with E-state index >= 15 is 0 Å². The molecule has 0 amide bonds. The smallest absolute Gasteiger partial charge is 0.193 e. The monoisotopic (exact) mass is 257 g/mol. The van der Waals surface area contributed by atoms with E-state index in [0.717, 1.165) is 23.7 Å². The minimum atomic E-state index is 0.499. The van der Waals surface area contributed by atoms with Crippen LogP contribution in [0.1, 0.15) is 19.5 Å². The largest absolute Gasteiger partial charge is 0.297 e. The molecule has 0 aliphatic rings. The molecule has 3 nitrogen and oxygen atoms in total. The average molecular weight is 258 g/mol. The molecule has 16 heavy (non-hydrogen) atoms. The van der Waals surface area contributed by atoms with Crippen LogP contribution in [0.3, 0.4) is 0 Å². The van der Waals surface area contributed by atoms with Crippen LogP contribution in [0.2, 0.25) is 0 Å². The van der Waals surface area contributed by atoms with Crippen molar-refractivity contribution in [3.8, 4) is 0 Å². The third kappa shape index (κ3) is 2.56. The fourth-order valence-electron chi connectivity index (χ4n) is 1.69. The second kappa shape index (κ2) is 5.17. The van der Waals surface area contributed by atoms with E-state index in [9.17, 15) is 0 Å². The molecule has 2 heterocycles. The van der Waals surface area contributed by atoms with Crippen molar-refractivity contribution in [2.75, 3.05) is 12.4 Å². The normalized spacial score (nSPS) is 12.1. The van der Waals surface area contributed by atoms with E-state index in [1.807, 2.05) is 11.6 Å². The van der Waals surface area contributed by atoms with Gasteiger partial charge in [0.15, 0.2) is 4.96 Å². The Balaban J connectivity index is 2.10. The molecule has 0 saturated carbocycles. The number of rotatable bonds is 5. The second-order valence-electron chi connectivity index (χ2n) is 4.08. The highest BCUT2D eigenvalue weighted by molar-refractivity contribution is 7.15. The molecule has 0 saturated heterocycles. The lowest BCUT2D eigenvalue weighted by Crippen LogP contribution is -2.32. The summed E-state index contributed by atoms with van der Waals surface area (Å²) in [4.78, 5) is 7.97. The highest BCUT2D eigenvalue weighted by atomic mass is 35.5. The number of hydrogen-bond donors (Lipinski definition) is 0. The maximum Gasteiger partial charge on any atom is 0.193 e. The number of halogens is 1. The molecule has 88 valence electrons. The van der Waals surface area contributed by atoms with Crippen molar-refractivity contribution < 1.29 is 0 Å². The first-order valence-electron chi connectivity index (χ1n) is 5.42. The van der Waals surface area contributed by atoms with Gasteiger partial charge in [-0.2, -0.15) is 0 Å². The Hall–Kier alpha value is -0.580.